The van der Waals surface area contributed by atoms with Crippen molar-refractivity contribution in [1.29, 1.82) is 0 Å². The average molecular weight is 501 g/mol. The number of primary amides is 1. The summed E-state index contributed by atoms with van der Waals surface area (Å²) in [6.45, 7) is 5.38. The summed E-state index contributed by atoms with van der Waals surface area (Å²) in [5, 5.41) is 0.957. The maximum absolute atomic E-state index is 13.0. The van der Waals surface area contributed by atoms with Crippen molar-refractivity contribution in [2.45, 2.75) is 6.92 Å². The molecule has 0 bridgehead atoms. The number of halogens is 1. The molecule has 2 fully saturated rings. The van der Waals surface area contributed by atoms with Crippen molar-refractivity contribution in [3.63, 3.8) is 0 Å². The number of carbonyl (C=O) groups is 2. The van der Waals surface area contributed by atoms with Crippen LogP contribution in [0.1, 0.15) is 12.5 Å². The zero-order valence-electron chi connectivity index (χ0n) is 18.7. The molecular weight excluding hydrogens is 476 g/mol. The lowest BCUT2D eigenvalue weighted by molar-refractivity contribution is -0.122. The van der Waals surface area contributed by atoms with Gasteiger partial charge in [0.1, 0.15) is 5.75 Å². The molecule has 2 aliphatic heterocycles. The number of amides is 2. The number of nitrogens with two attached hydrogens (primary N) is 1. The average Bonchev–Trinajstić information content (AvgIpc) is 3.13. The lowest BCUT2D eigenvalue weighted by Crippen LogP contribution is -2.36. The van der Waals surface area contributed by atoms with Crippen LogP contribution < -0.4 is 15.4 Å². The maximum atomic E-state index is 13.0. The molecule has 0 saturated carbocycles. The Kier molecular flexibility index (Phi) is 7.77. The van der Waals surface area contributed by atoms with Crippen molar-refractivity contribution in [2.75, 3.05) is 44.4 Å². The van der Waals surface area contributed by atoms with Crippen LogP contribution in [0.3, 0.4) is 0 Å². The first-order chi connectivity index (χ1) is 16.4. The Labute approximate surface area is 207 Å². The van der Waals surface area contributed by atoms with E-state index in [1.165, 1.54) is 11.8 Å². The van der Waals surface area contributed by atoms with Gasteiger partial charge in [-0.25, -0.2) is 4.99 Å². The number of nitrogens with zero attached hydrogens (tertiary/aromatic N) is 3. The molecule has 8 nitrogen and oxygen atoms in total. The molecular formula is C24H25ClN4O4S. The topological polar surface area (TPSA) is 97.5 Å². The molecule has 2 aliphatic rings. The van der Waals surface area contributed by atoms with Crippen molar-refractivity contribution >= 4 is 57.8 Å². The van der Waals surface area contributed by atoms with E-state index in [1.807, 2.05) is 31.2 Å². The van der Waals surface area contributed by atoms with Crippen LogP contribution in [0.4, 0.5) is 11.4 Å². The number of amidine groups is 1. The summed E-state index contributed by atoms with van der Waals surface area (Å²) in [5.41, 5.74) is 7.75. The lowest BCUT2D eigenvalue weighted by Gasteiger charge is -2.28. The molecule has 0 aliphatic carbocycles. The minimum Gasteiger partial charge on any atom is -0.482 e. The highest BCUT2D eigenvalue weighted by molar-refractivity contribution is 8.18. The van der Waals surface area contributed by atoms with Gasteiger partial charge < -0.3 is 20.1 Å². The molecule has 0 aromatic heterocycles. The molecule has 0 spiro atoms. The van der Waals surface area contributed by atoms with Crippen LogP contribution in [0.25, 0.3) is 6.08 Å². The summed E-state index contributed by atoms with van der Waals surface area (Å²) >= 11 is 7.58. The van der Waals surface area contributed by atoms with Crippen molar-refractivity contribution in [2.24, 2.45) is 10.7 Å². The predicted molar refractivity (Wildman–Crippen MR) is 136 cm³/mol. The second kappa shape index (κ2) is 10.9. The summed E-state index contributed by atoms with van der Waals surface area (Å²) in [6, 6.07) is 13.1. The Morgan fingerprint density at radius 2 is 1.97 bits per heavy atom. The highest BCUT2D eigenvalue weighted by Crippen LogP contribution is 2.35. The van der Waals surface area contributed by atoms with E-state index in [9.17, 15) is 9.59 Å². The predicted octanol–water partition coefficient (Wildman–Crippen LogP) is 3.66. The van der Waals surface area contributed by atoms with Gasteiger partial charge in [0.2, 0.25) is 0 Å². The van der Waals surface area contributed by atoms with Crippen LogP contribution >= 0.6 is 23.4 Å². The van der Waals surface area contributed by atoms with Gasteiger partial charge >= 0.3 is 0 Å². The first kappa shape index (κ1) is 24.1. The maximum Gasteiger partial charge on any atom is 0.266 e. The van der Waals surface area contributed by atoms with Gasteiger partial charge in [0.15, 0.2) is 11.8 Å². The molecule has 0 atom stereocenters. The third-order valence-corrected chi connectivity index (χ3v) is 6.58. The number of ether oxygens (including phenoxy) is 2. The fraction of sp³-hybridized carbons (Fsp3) is 0.292. The highest BCUT2D eigenvalue weighted by atomic mass is 35.5. The molecule has 2 heterocycles. The number of anilines is 1. The number of rotatable bonds is 7. The van der Waals surface area contributed by atoms with Gasteiger partial charge in [-0.15, -0.1) is 0 Å². The first-order valence-electron chi connectivity index (χ1n) is 10.9. The van der Waals surface area contributed by atoms with Gasteiger partial charge in [-0.2, -0.15) is 0 Å². The van der Waals surface area contributed by atoms with E-state index in [0.717, 1.165) is 43.2 Å². The zero-order valence-corrected chi connectivity index (χ0v) is 20.3. The molecule has 2 amide bonds. The second-order valence-electron chi connectivity index (χ2n) is 7.62. The number of likely N-dealkylation sites (N-methyl/N-ethyl adjacent to an activating group) is 1. The number of hydrogen-bond donors (Lipinski definition) is 1. The van der Waals surface area contributed by atoms with E-state index in [2.05, 4.69) is 4.90 Å². The number of thioether (sulfide) groups is 1. The molecule has 2 aromatic carbocycles. The van der Waals surface area contributed by atoms with Gasteiger partial charge in [-0.3, -0.25) is 14.5 Å². The fourth-order valence-corrected chi connectivity index (χ4v) is 4.87. The van der Waals surface area contributed by atoms with E-state index >= 15 is 0 Å². The number of carbonyl (C=O) groups excluding carboxylic acids is 2. The van der Waals surface area contributed by atoms with Crippen molar-refractivity contribution in [3.05, 3.63) is 58.0 Å². The minimum atomic E-state index is -0.586. The van der Waals surface area contributed by atoms with Crippen LogP contribution in [-0.4, -0.2) is 61.3 Å². The van der Waals surface area contributed by atoms with E-state index in [4.69, 9.17) is 31.8 Å². The van der Waals surface area contributed by atoms with Crippen LogP contribution in [0.2, 0.25) is 5.02 Å². The van der Waals surface area contributed by atoms with E-state index in [-0.39, 0.29) is 12.5 Å². The number of morpholine rings is 1. The Morgan fingerprint density at radius 1 is 1.24 bits per heavy atom. The molecule has 2 saturated heterocycles. The number of hydrogen-bond acceptors (Lipinski definition) is 7. The van der Waals surface area contributed by atoms with Gasteiger partial charge in [-0.1, -0.05) is 17.7 Å². The summed E-state index contributed by atoms with van der Waals surface area (Å²) < 4.78 is 10.7. The molecule has 34 heavy (non-hydrogen) atoms. The van der Waals surface area contributed by atoms with Crippen molar-refractivity contribution in [3.8, 4) is 5.75 Å². The van der Waals surface area contributed by atoms with Crippen molar-refractivity contribution in [1.82, 2.24) is 4.90 Å². The lowest BCUT2D eigenvalue weighted by atomic mass is 10.2. The molecule has 10 heteroatoms. The summed E-state index contributed by atoms with van der Waals surface area (Å²) in [5.74, 6) is -0.343. The van der Waals surface area contributed by atoms with Crippen LogP contribution in [0.5, 0.6) is 5.75 Å². The standard InChI is InChI=1S/C24H25ClN4O4S/c1-2-29-23(31)21(14-16-3-8-20(19(25)13-16)33-15-22(26)30)34-24(29)27-17-4-6-18(7-5-17)28-9-11-32-12-10-28/h3-8,13-14H,2,9-12,15H2,1H3,(H2,26,30). The monoisotopic (exact) mass is 500 g/mol. The fourth-order valence-electron chi connectivity index (χ4n) is 3.56. The molecule has 2 N–H and O–H groups in total. The largest absolute Gasteiger partial charge is 0.482 e. The van der Waals surface area contributed by atoms with Gasteiger partial charge in [0, 0.05) is 25.3 Å². The summed E-state index contributed by atoms with van der Waals surface area (Å²) in [4.78, 5) is 33.1. The Hall–Kier alpha value is -3.01. The molecule has 4 rings (SSSR count). The zero-order chi connectivity index (χ0) is 24.1. The van der Waals surface area contributed by atoms with E-state index < -0.39 is 5.91 Å². The molecule has 2 aromatic rings. The number of benzene rings is 2. The normalized spacial score (nSPS) is 18.7. The molecule has 0 radical (unpaired) electrons. The van der Waals surface area contributed by atoms with Gasteiger partial charge in [0.25, 0.3) is 11.8 Å². The Morgan fingerprint density at radius 3 is 2.62 bits per heavy atom. The van der Waals surface area contributed by atoms with Gasteiger partial charge in [-0.05, 0) is 66.7 Å². The summed E-state index contributed by atoms with van der Waals surface area (Å²) in [7, 11) is 0. The quantitative estimate of drug-likeness (QED) is 0.583. The smallest absolute Gasteiger partial charge is 0.266 e. The minimum absolute atomic E-state index is 0.110. The third kappa shape index (κ3) is 5.72. The Balaban J connectivity index is 1.51. The molecule has 178 valence electrons. The van der Waals surface area contributed by atoms with E-state index in [0.29, 0.717) is 27.4 Å². The second-order valence-corrected chi connectivity index (χ2v) is 9.03. The van der Waals surface area contributed by atoms with E-state index in [1.54, 1.807) is 29.2 Å². The SMILES string of the molecule is CCN1C(=O)C(=Cc2ccc(OCC(N)=O)c(Cl)c2)SC1=Nc1ccc(N2CCOCC2)cc1. The van der Waals surface area contributed by atoms with Crippen molar-refractivity contribution < 1.29 is 19.1 Å². The third-order valence-electron chi connectivity index (χ3n) is 5.28. The molecule has 0 unspecified atom stereocenters. The van der Waals surface area contributed by atoms with Crippen LogP contribution in [0, 0.1) is 0 Å². The highest BCUT2D eigenvalue weighted by Gasteiger charge is 2.32. The first-order valence-corrected chi connectivity index (χ1v) is 12.1. The van der Waals surface area contributed by atoms with Gasteiger partial charge in [0.05, 0.1) is 28.8 Å². The van der Waals surface area contributed by atoms with Crippen LogP contribution in [-0.2, 0) is 14.3 Å². The number of aliphatic imine (C=N–C) groups is 1. The Bertz CT molecular complexity index is 1130. The van der Waals surface area contributed by atoms with Crippen LogP contribution in [0.15, 0.2) is 52.4 Å². The summed E-state index contributed by atoms with van der Waals surface area (Å²) in [6.07, 6.45) is 1.77.